The van der Waals surface area contributed by atoms with Crippen molar-refractivity contribution in [1.29, 1.82) is 0 Å². The van der Waals surface area contributed by atoms with Gasteiger partial charge in [0.25, 0.3) is 5.91 Å². The van der Waals surface area contributed by atoms with Gasteiger partial charge in [-0.3, -0.25) is 9.59 Å². The van der Waals surface area contributed by atoms with Crippen LogP contribution in [0.2, 0.25) is 5.02 Å². The predicted molar refractivity (Wildman–Crippen MR) is 93.3 cm³/mol. The average Bonchev–Trinajstić information content (AvgIpc) is 2.62. The lowest BCUT2D eigenvalue weighted by molar-refractivity contribution is -0.121. The fourth-order valence-electron chi connectivity index (χ4n) is 2.93. The Hall–Kier alpha value is -2.73. The van der Waals surface area contributed by atoms with Gasteiger partial charge >= 0.3 is 0 Å². The van der Waals surface area contributed by atoms with Crippen molar-refractivity contribution in [3.05, 3.63) is 47.0 Å². The maximum atomic E-state index is 12.6. The van der Waals surface area contributed by atoms with Crippen molar-refractivity contribution < 1.29 is 19.1 Å². The highest BCUT2D eigenvalue weighted by atomic mass is 35.5. The van der Waals surface area contributed by atoms with Crippen LogP contribution in [-0.4, -0.2) is 25.0 Å². The molecule has 0 saturated heterocycles. The number of rotatable bonds is 2. The van der Waals surface area contributed by atoms with E-state index in [1.54, 1.807) is 12.1 Å². The number of halogens is 1. The highest BCUT2D eigenvalue weighted by molar-refractivity contribution is 6.34. The molecule has 4 rings (SSSR count). The third kappa shape index (κ3) is 3.13. The minimum Gasteiger partial charge on any atom is -0.492 e. The molecule has 0 bridgehead atoms. The fraction of sp³-hybridized carbons (Fsp3) is 0.222. The van der Waals surface area contributed by atoms with E-state index in [9.17, 15) is 9.59 Å². The van der Waals surface area contributed by atoms with Gasteiger partial charge in [0.1, 0.15) is 18.1 Å². The van der Waals surface area contributed by atoms with E-state index < -0.39 is 0 Å². The van der Waals surface area contributed by atoms with Crippen molar-refractivity contribution in [2.45, 2.75) is 6.42 Å². The molecule has 0 aromatic heterocycles. The van der Waals surface area contributed by atoms with Crippen molar-refractivity contribution in [3.63, 3.8) is 0 Å². The first-order valence-electron chi connectivity index (χ1n) is 7.88. The number of ether oxygens (including phenoxy) is 2. The molecule has 2 N–H and O–H groups in total. The predicted octanol–water partition coefficient (Wildman–Crippen LogP) is 2.86. The summed E-state index contributed by atoms with van der Waals surface area (Å²) in [7, 11) is 0. The number of benzene rings is 2. The Balaban J connectivity index is 1.51. The van der Waals surface area contributed by atoms with Crippen LogP contribution in [0, 0.1) is 5.92 Å². The molecule has 0 radical (unpaired) electrons. The molecule has 0 fully saturated rings. The molecule has 2 aliphatic heterocycles. The third-order valence-corrected chi connectivity index (χ3v) is 4.52. The number of para-hydroxylation sites is 1. The van der Waals surface area contributed by atoms with Crippen LogP contribution < -0.4 is 20.1 Å². The molecule has 2 aromatic carbocycles. The van der Waals surface area contributed by atoms with Crippen molar-refractivity contribution in [1.82, 2.24) is 0 Å². The standard InChI is InChI=1S/C18H15ClN2O4/c19-12-6-14-16(25-9-17(22)20-14)7-13(12)21-18(23)11-5-10-3-1-2-4-15(10)24-8-11/h1-4,6-7,11H,5,8-9H2,(H,20,22)(H,21,23). The van der Waals surface area contributed by atoms with E-state index in [1.807, 2.05) is 24.3 Å². The molecule has 25 heavy (non-hydrogen) atoms. The zero-order valence-electron chi connectivity index (χ0n) is 13.2. The SMILES string of the molecule is O=C1COc2cc(NC(=O)C3COc4ccccc4C3)c(Cl)cc2N1. The molecule has 2 amide bonds. The molecular weight excluding hydrogens is 344 g/mol. The molecule has 0 aliphatic carbocycles. The third-order valence-electron chi connectivity index (χ3n) is 4.21. The van der Waals surface area contributed by atoms with E-state index in [0.717, 1.165) is 11.3 Å². The summed E-state index contributed by atoms with van der Waals surface area (Å²) in [6.07, 6.45) is 0.608. The molecule has 2 aromatic rings. The maximum absolute atomic E-state index is 12.6. The minimum absolute atomic E-state index is 0.0603. The number of nitrogens with one attached hydrogen (secondary N) is 2. The number of hydrogen-bond donors (Lipinski definition) is 2. The number of amides is 2. The maximum Gasteiger partial charge on any atom is 0.262 e. The topological polar surface area (TPSA) is 76.7 Å². The van der Waals surface area contributed by atoms with Crippen LogP contribution in [0.25, 0.3) is 0 Å². The molecule has 7 heteroatoms. The molecule has 1 unspecified atom stereocenters. The molecule has 1 atom stereocenters. The zero-order chi connectivity index (χ0) is 17.4. The Labute approximate surface area is 149 Å². The van der Waals surface area contributed by atoms with Crippen molar-refractivity contribution in [2.75, 3.05) is 23.8 Å². The van der Waals surface area contributed by atoms with E-state index in [2.05, 4.69) is 10.6 Å². The van der Waals surface area contributed by atoms with Gasteiger partial charge in [0.05, 0.1) is 22.3 Å². The number of fused-ring (bicyclic) bond motifs is 2. The molecule has 0 spiro atoms. The van der Waals surface area contributed by atoms with E-state index in [1.165, 1.54) is 0 Å². The summed E-state index contributed by atoms with van der Waals surface area (Å²) in [6, 6.07) is 10.9. The second-order valence-electron chi connectivity index (χ2n) is 5.97. The van der Waals surface area contributed by atoms with Gasteiger partial charge in [0, 0.05) is 6.07 Å². The summed E-state index contributed by atoms with van der Waals surface area (Å²) in [6.45, 7) is 0.257. The Kier molecular flexibility index (Phi) is 3.97. The van der Waals surface area contributed by atoms with Gasteiger partial charge in [-0.2, -0.15) is 0 Å². The van der Waals surface area contributed by atoms with E-state index >= 15 is 0 Å². The Morgan fingerprint density at radius 3 is 2.92 bits per heavy atom. The van der Waals surface area contributed by atoms with Gasteiger partial charge in [-0.1, -0.05) is 29.8 Å². The van der Waals surface area contributed by atoms with Gasteiger partial charge in [0.2, 0.25) is 5.91 Å². The Bertz CT molecular complexity index is 868. The monoisotopic (exact) mass is 358 g/mol. The molecule has 128 valence electrons. The van der Waals surface area contributed by atoms with Crippen LogP contribution in [0.1, 0.15) is 5.56 Å². The number of carbonyl (C=O) groups is 2. The fourth-order valence-corrected chi connectivity index (χ4v) is 3.14. The summed E-state index contributed by atoms with van der Waals surface area (Å²) in [4.78, 5) is 23.9. The normalized spacial score (nSPS) is 18.1. The number of anilines is 2. The van der Waals surface area contributed by atoms with E-state index in [-0.39, 0.29) is 24.3 Å². The molecule has 2 heterocycles. The summed E-state index contributed by atoms with van der Waals surface area (Å²) >= 11 is 6.22. The van der Waals surface area contributed by atoms with E-state index in [4.69, 9.17) is 21.1 Å². The minimum atomic E-state index is -0.303. The summed E-state index contributed by atoms with van der Waals surface area (Å²) < 4.78 is 11.0. The summed E-state index contributed by atoms with van der Waals surface area (Å²) in [5.74, 6) is 0.587. The van der Waals surface area contributed by atoms with Crippen LogP contribution in [0.4, 0.5) is 11.4 Å². The highest BCUT2D eigenvalue weighted by Gasteiger charge is 2.27. The van der Waals surface area contributed by atoms with Crippen LogP contribution in [-0.2, 0) is 16.0 Å². The van der Waals surface area contributed by atoms with Gasteiger partial charge in [-0.05, 0) is 24.1 Å². The van der Waals surface area contributed by atoms with Crippen LogP contribution >= 0.6 is 11.6 Å². The van der Waals surface area contributed by atoms with E-state index in [0.29, 0.717) is 35.2 Å². The van der Waals surface area contributed by atoms with Crippen LogP contribution in [0.15, 0.2) is 36.4 Å². The van der Waals surface area contributed by atoms with Crippen molar-refractivity contribution in [2.24, 2.45) is 5.92 Å². The summed E-state index contributed by atoms with van der Waals surface area (Å²) in [5.41, 5.74) is 1.95. The second kappa shape index (κ2) is 6.29. The highest BCUT2D eigenvalue weighted by Crippen LogP contribution is 2.37. The van der Waals surface area contributed by atoms with Crippen LogP contribution in [0.5, 0.6) is 11.5 Å². The first-order chi connectivity index (χ1) is 12.1. The average molecular weight is 359 g/mol. The molecule has 6 nitrogen and oxygen atoms in total. The lowest BCUT2D eigenvalue weighted by Gasteiger charge is -2.25. The zero-order valence-corrected chi connectivity index (χ0v) is 13.9. The van der Waals surface area contributed by atoms with Gasteiger partial charge in [-0.15, -0.1) is 0 Å². The van der Waals surface area contributed by atoms with Gasteiger partial charge < -0.3 is 20.1 Å². The first kappa shape index (κ1) is 15.8. The quantitative estimate of drug-likeness (QED) is 0.865. The Morgan fingerprint density at radius 2 is 2.04 bits per heavy atom. The molecular formula is C18H15ClN2O4. The first-order valence-corrected chi connectivity index (χ1v) is 8.26. The van der Waals surface area contributed by atoms with Crippen molar-refractivity contribution in [3.8, 4) is 11.5 Å². The lowest BCUT2D eigenvalue weighted by Crippen LogP contribution is -2.32. The van der Waals surface area contributed by atoms with Gasteiger partial charge in [0.15, 0.2) is 6.61 Å². The lowest BCUT2D eigenvalue weighted by atomic mass is 9.96. The molecule has 2 aliphatic rings. The second-order valence-corrected chi connectivity index (χ2v) is 6.38. The largest absolute Gasteiger partial charge is 0.492 e. The van der Waals surface area contributed by atoms with Crippen LogP contribution in [0.3, 0.4) is 0 Å². The number of carbonyl (C=O) groups excluding carboxylic acids is 2. The summed E-state index contributed by atoms with van der Waals surface area (Å²) in [5, 5.41) is 5.83. The smallest absolute Gasteiger partial charge is 0.262 e. The Morgan fingerprint density at radius 1 is 1.20 bits per heavy atom. The van der Waals surface area contributed by atoms with Gasteiger partial charge in [-0.25, -0.2) is 0 Å². The van der Waals surface area contributed by atoms with Crippen molar-refractivity contribution >= 4 is 34.8 Å². The molecule has 0 saturated carbocycles. The number of hydrogen-bond acceptors (Lipinski definition) is 4.